The third-order valence-corrected chi connectivity index (χ3v) is 6.82. The lowest BCUT2D eigenvalue weighted by Crippen LogP contribution is -2.37. The van der Waals surface area contributed by atoms with Crippen LogP contribution in [0.3, 0.4) is 0 Å². The van der Waals surface area contributed by atoms with Gasteiger partial charge in [0.05, 0.1) is 13.2 Å². The van der Waals surface area contributed by atoms with E-state index in [1.54, 1.807) is 18.2 Å². The molecule has 2 aliphatic rings. The average molecular weight is 452 g/mol. The van der Waals surface area contributed by atoms with Crippen molar-refractivity contribution in [2.75, 3.05) is 38.2 Å². The molecule has 1 amide bonds. The molecule has 1 aromatic heterocycles. The predicted octanol–water partition coefficient (Wildman–Crippen LogP) is 4.51. The smallest absolute Gasteiger partial charge is 0.256 e. The number of ketones is 1. The molecule has 6 rings (SSSR count). The number of anilines is 1. The second-order valence-electron chi connectivity index (χ2n) is 8.84. The van der Waals surface area contributed by atoms with Crippen molar-refractivity contribution in [3.8, 4) is 11.1 Å². The van der Waals surface area contributed by atoms with Gasteiger partial charge >= 0.3 is 0 Å². The van der Waals surface area contributed by atoms with Crippen molar-refractivity contribution in [2.45, 2.75) is 6.42 Å². The fraction of sp³-hybridized carbons (Fsp3) is 0.214. The van der Waals surface area contributed by atoms with Crippen LogP contribution in [-0.2, 0) is 11.2 Å². The summed E-state index contributed by atoms with van der Waals surface area (Å²) >= 11 is 0. The van der Waals surface area contributed by atoms with Crippen molar-refractivity contribution in [3.05, 3.63) is 89.1 Å². The van der Waals surface area contributed by atoms with Gasteiger partial charge in [-0.3, -0.25) is 14.5 Å². The van der Waals surface area contributed by atoms with Crippen molar-refractivity contribution < 1.29 is 14.3 Å². The van der Waals surface area contributed by atoms with Gasteiger partial charge in [0.25, 0.3) is 5.91 Å². The van der Waals surface area contributed by atoms with Gasteiger partial charge in [0.15, 0.2) is 5.78 Å². The topological polar surface area (TPSA) is 74.4 Å². The number of ether oxygens (including phenoxy) is 1. The van der Waals surface area contributed by atoms with E-state index in [4.69, 9.17) is 4.74 Å². The minimum absolute atomic E-state index is 0.0288. The zero-order valence-electron chi connectivity index (χ0n) is 18.8. The number of carbonyl (C=O) groups excluding carboxylic acids is 2. The Morgan fingerprint density at radius 2 is 1.76 bits per heavy atom. The molecular weight excluding hydrogens is 426 g/mol. The first-order chi connectivity index (χ1) is 16.7. The van der Waals surface area contributed by atoms with Crippen LogP contribution in [0, 0.1) is 0 Å². The van der Waals surface area contributed by atoms with Gasteiger partial charge in [-0.25, -0.2) is 0 Å². The van der Waals surface area contributed by atoms with Crippen LogP contribution in [-0.4, -0.2) is 54.4 Å². The molecule has 2 N–H and O–H groups in total. The maximum atomic E-state index is 13.3. The number of fused-ring (bicyclic) bond motifs is 4. The third-order valence-electron chi connectivity index (χ3n) is 6.82. The molecule has 0 atom stereocenters. The van der Waals surface area contributed by atoms with Crippen LogP contribution in [0.15, 0.2) is 66.9 Å². The number of nitrogens with one attached hydrogen (secondary N) is 2. The number of benzene rings is 3. The van der Waals surface area contributed by atoms with Crippen LogP contribution in [0.4, 0.5) is 5.69 Å². The number of amides is 1. The van der Waals surface area contributed by atoms with E-state index in [9.17, 15) is 9.59 Å². The Kier molecular flexibility index (Phi) is 5.24. The van der Waals surface area contributed by atoms with Crippen molar-refractivity contribution in [1.29, 1.82) is 0 Å². The van der Waals surface area contributed by atoms with Crippen LogP contribution >= 0.6 is 0 Å². The molecular formula is C28H25N3O3. The van der Waals surface area contributed by atoms with Crippen LogP contribution < -0.4 is 5.32 Å². The molecule has 0 radical (unpaired) electrons. The van der Waals surface area contributed by atoms with E-state index in [-0.39, 0.29) is 11.7 Å². The summed E-state index contributed by atoms with van der Waals surface area (Å²) in [5.41, 5.74) is 6.30. The minimum Gasteiger partial charge on any atom is -0.379 e. The summed E-state index contributed by atoms with van der Waals surface area (Å²) in [4.78, 5) is 31.9. The first-order valence-corrected chi connectivity index (χ1v) is 11.7. The van der Waals surface area contributed by atoms with Crippen LogP contribution in [0.5, 0.6) is 0 Å². The normalized spacial score (nSPS) is 15.4. The van der Waals surface area contributed by atoms with E-state index in [0.717, 1.165) is 67.0 Å². The number of morpholine rings is 1. The zero-order chi connectivity index (χ0) is 23.1. The van der Waals surface area contributed by atoms with Gasteiger partial charge in [0.1, 0.15) is 0 Å². The molecule has 2 heterocycles. The van der Waals surface area contributed by atoms with Gasteiger partial charge in [-0.2, -0.15) is 0 Å². The van der Waals surface area contributed by atoms with Gasteiger partial charge in [-0.15, -0.1) is 0 Å². The lowest BCUT2D eigenvalue weighted by atomic mass is 9.99. The van der Waals surface area contributed by atoms with E-state index in [0.29, 0.717) is 16.7 Å². The average Bonchev–Trinajstić information content (AvgIpc) is 3.42. The summed E-state index contributed by atoms with van der Waals surface area (Å²) < 4.78 is 5.44. The summed E-state index contributed by atoms with van der Waals surface area (Å²) in [7, 11) is 0. The number of aromatic amines is 1. The highest BCUT2D eigenvalue weighted by molar-refractivity contribution is 6.25. The van der Waals surface area contributed by atoms with E-state index < -0.39 is 0 Å². The lowest BCUT2D eigenvalue weighted by molar-refractivity contribution is 0.0385. The second-order valence-corrected chi connectivity index (χ2v) is 8.84. The predicted molar refractivity (Wildman–Crippen MR) is 133 cm³/mol. The van der Waals surface area contributed by atoms with Crippen LogP contribution in [0.25, 0.3) is 22.0 Å². The number of hydrogen-bond donors (Lipinski definition) is 2. The molecule has 6 heteroatoms. The highest BCUT2D eigenvalue weighted by Crippen LogP contribution is 2.39. The Labute approximate surface area is 197 Å². The fourth-order valence-electron chi connectivity index (χ4n) is 5.03. The number of nitrogens with zero attached hydrogens (tertiary/aromatic N) is 1. The monoisotopic (exact) mass is 451 g/mol. The van der Waals surface area contributed by atoms with Crippen molar-refractivity contribution in [1.82, 2.24) is 9.88 Å². The molecule has 170 valence electrons. The summed E-state index contributed by atoms with van der Waals surface area (Å²) in [5, 5.41) is 4.17. The largest absolute Gasteiger partial charge is 0.379 e. The first kappa shape index (κ1) is 20.8. The molecule has 6 nitrogen and oxygen atoms in total. The minimum atomic E-state index is -0.217. The number of aromatic nitrogens is 1. The van der Waals surface area contributed by atoms with E-state index in [2.05, 4.69) is 21.4 Å². The summed E-state index contributed by atoms with van der Waals surface area (Å²) in [6.07, 6.45) is 2.99. The number of carbonyl (C=O) groups is 2. The second kappa shape index (κ2) is 8.56. The zero-order valence-corrected chi connectivity index (χ0v) is 18.8. The van der Waals surface area contributed by atoms with E-state index >= 15 is 0 Å². The molecule has 3 aromatic carbocycles. The molecule has 34 heavy (non-hydrogen) atoms. The van der Waals surface area contributed by atoms with Crippen LogP contribution in [0.1, 0.15) is 31.8 Å². The summed E-state index contributed by atoms with van der Waals surface area (Å²) in [6.45, 7) is 4.51. The Balaban J connectivity index is 1.26. The van der Waals surface area contributed by atoms with E-state index in [1.165, 1.54) is 5.56 Å². The standard InChI is InChI=1S/C28H25N3O3/c32-27-21-5-2-1-4-20(21)26-22(27)6-3-7-23(26)28(33)30-19-8-9-25-24(16-19)18(17-29-25)10-11-31-12-14-34-15-13-31/h1-9,16-17,29H,10-15H2,(H,30,33). The van der Waals surface area contributed by atoms with Crippen molar-refractivity contribution in [3.63, 3.8) is 0 Å². The van der Waals surface area contributed by atoms with Gasteiger partial charge in [-0.05, 0) is 41.8 Å². The Bertz CT molecular complexity index is 1420. The summed E-state index contributed by atoms with van der Waals surface area (Å²) in [5.74, 6) is -0.245. The van der Waals surface area contributed by atoms with E-state index in [1.807, 2.05) is 42.5 Å². The van der Waals surface area contributed by atoms with Gasteiger partial charge in [0, 0.05) is 64.7 Å². The number of rotatable bonds is 5. The first-order valence-electron chi connectivity index (χ1n) is 11.7. The molecule has 0 saturated carbocycles. The lowest BCUT2D eigenvalue weighted by Gasteiger charge is -2.26. The van der Waals surface area contributed by atoms with Crippen molar-refractivity contribution >= 4 is 28.3 Å². The Hall–Kier alpha value is -3.74. The number of hydrogen-bond acceptors (Lipinski definition) is 4. The Morgan fingerprint density at radius 3 is 2.62 bits per heavy atom. The van der Waals surface area contributed by atoms with Gasteiger partial charge < -0.3 is 15.0 Å². The number of H-pyrrole nitrogens is 1. The molecule has 0 bridgehead atoms. The molecule has 0 spiro atoms. The highest BCUT2D eigenvalue weighted by Gasteiger charge is 2.30. The molecule has 4 aromatic rings. The van der Waals surface area contributed by atoms with Crippen molar-refractivity contribution in [2.24, 2.45) is 0 Å². The third kappa shape index (κ3) is 3.61. The molecule has 1 aliphatic carbocycles. The molecule has 1 aliphatic heterocycles. The molecule has 1 saturated heterocycles. The highest BCUT2D eigenvalue weighted by atomic mass is 16.5. The summed E-state index contributed by atoms with van der Waals surface area (Å²) in [6, 6.07) is 18.8. The maximum Gasteiger partial charge on any atom is 0.256 e. The van der Waals surface area contributed by atoms with Gasteiger partial charge in [-0.1, -0.05) is 36.4 Å². The maximum absolute atomic E-state index is 13.3. The van der Waals surface area contributed by atoms with Crippen LogP contribution in [0.2, 0.25) is 0 Å². The molecule has 1 fully saturated rings. The fourth-order valence-corrected chi connectivity index (χ4v) is 5.03. The SMILES string of the molecule is O=C(Nc1ccc2[nH]cc(CCN3CCOCC3)c2c1)c1cccc2c1-c1ccccc1C2=O. The van der Waals surface area contributed by atoms with Gasteiger partial charge in [0.2, 0.25) is 0 Å². The Morgan fingerprint density at radius 1 is 0.971 bits per heavy atom. The molecule has 0 unspecified atom stereocenters. The quantitative estimate of drug-likeness (QED) is 0.412.